The van der Waals surface area contributed by atoms with E-state index < -0.39 is 0 Å². The molecular weight excluding hydrogens is 324 g/mol. The first-order chi connectivity index (χ1) is 11.7. The summed E-state index contributed by atoms with van der Waals surface area (Å²) in [6, 6.07) is 15.1. The predicted molar refractivity (Wildman–Crippen MR) is 94.5 cm³/mol. The highest BCUT2D eigenvalue weighted by Gasteiger charge is 2.26. The van der Waals surface area contributed by atoms with E-state index in [1.807, 2.05) is 42.5 Å². The molecule has 1 aromatic heterocycles. The van der Waals surface area contributed by atoms with Crippen LogP contribution in [0.4, 0.5) is 5.69 Å². The molecule has 0 radical (unpaired) electrons. The van der Waals surface area contributed by atoms with E-state index in [0.29, 0.717) is 18.1 Å². The molecule has 1 aliphatic rings. The summed E-state index contributed by atoms with van der Waals surface area (Å²) in [5, 5.41) is 4.63. The number of fused-ring (bicyclic) bond motifs is 2. The van der Waals surface area contributed by atoms with Gasteiger partial charge in [-0.1, -0.05) is 29.8 Å². The molecule has 0 saturated heterocycles. The van der Waals surface area contributed by atoms with Crippen LogP contribution in [0.2, 0.25) is 5.02 Å². The Morgan fingerprint density at radius 1 is 1.21 bits per heavy atom. The van der Waals surface area contributed by atoms with Gasteiger partial charge in [-0.05, 0) is 42.3 Å². The Bertz CT molecular complexity index is 921. The van der Waals surface area contributed by atoms with E-state index in [0.717, 1.165) is 27.9 Å². The number of rotatable bonds is 2. The van der Waals surface area contributed by atoms with Crippen LogP contribution in [0.1, 0.15) is 5.56 Å². The summed E-state index contributed by atoms with van der Waals surface area (Å²) < 4.78 is 5.70. The van der Waals surface area contributed by atoms with Gasteiger partial charge in [0.25, 0.3) is 0 Å². The van der Waals surface area contributed by atoms with E-state index in [2.05, 4.69) is 10.3 Å². The van der Waals surface area contributed by atoms with Crippen molar-refractivity contribution in [1.29, 1.82) is 0 Å². The van der Waals surface area contributed by atoms with Crippen LogP contribution in [0.5, 0.6) is 5.75 Å². The quantitative estimate of drug-likeness (QED) is 0.766. The molecule has 3 aromatic rings. The number of carbonyl (C=O) groups excluding carboxylic acids is 1. The molecule has 4 rings (SSSR count). The van der Waals surface area contributed by atoms with Gasteiger partial charge in [0.2, 0.25) is 5.91 Å². The molecule has 0 bridgehead atoms. The standard InChI is InChI=1S/C19H15ClN2O2/c20-15-6-7-17-13(10-15)9-14(11-24-17)19(23)22-16-5-1-3-12-4-2-8-21-18(12)16/h1-8,10,14H,9,11H2,(H,22,23). The second-order valence-electron chi connectivity index (χ2n) is 5.83. The Kier molecular flexibility index (Phi) is 3.82. The zero-order valence-corrected chi connectivity index (χ0v) is 13.6. The Morgan fingerprint density at radius 2 is 2.08 bits per heavy atom. The molecule has 0 saturated carbocycles. The molecule has 2 aromatic carbocycles. The molecule has 1 unspecified atom stereocenters. The van der Waals surface area contributed by atoms with Crippen molar-refractivity contribution in [3.05, 3.63) is 65.3 Å². The number of halogens is 1. The minimum absolute atomic E-state index is 0.0706. The molecule has 2 heterocycles. The van der Waals surface area contributed by atoms with Crippen molar-refractivity contribution in [2.45, 2.75) is 6.42 Å². The highest BCUT2D eigenvalue weighted by atomic mass is 35.5. The summed E-state index contributed by atoms with van der Waals surface area (Å²) in [7, 11) is 0. The Hall–Kier alpha value is -2.59. The van der Waals surface area contributed by atoms with Gasteiger partial charge in [0.15, 0.2) is 0 Å². The third kappa shape index (κ3) is 2.81. The van der Waals surface area contributed by atoms with Crippen LogP contribution in [0, 0.1) is 5.92 Å². The predicted octanol–water partition coefficient (Wildman–Crippen LogP) is 4.08. The molecule has 1 amide bonds. The Morgan fingerprint density at radius 3 is 3.00 bits per heavy atom. The third-order valence-electron chi connectivity index (χ3n) is 4.19. The van der Waals surface area contributed by atoms with Crippen LogP contribution in [0.25, 0.3) is 10.9 Å². The number of benzene rings is 2. The van der Waals surface area contributed by atoms with Crippen LogP contribution in [-0.4, -0.2) is 17.5 Å². The first-order valence-corrected chi connectivity index (χ1v) is 8.14. The molecule has 4 nitrogen and oxygen atoms in total. The van der Waals surface area contributed by atoms with Crippen LogP contribution >= 0.6 is 11.6 Å². The highest BCUT2D eigenvalue weighted by molar-refractivity contribution is 6.30. The molecule has 1 aliphatic heterocycles. The van der Waals surface area contributed by atoms with E-state index in [-0.39, 0.29) is 11.8 Å². The average molecular weight is 339 g/mol. The van der Waals surface area contributed by atoms with Crippen molar-refractivity contribution in [2.24, 2.45) is 5.92 Å². The lowest BCUT2D eigenvalue weighted by molar-refractivity contribution is -0.121. The van der Waals surface area contributed by atoms with E-state index in [4.69, 9.17) is 16.3 Å². The summed E-state index contributed by atoms with van der Waals surface area (Å²) in [6.07, 6.45) is 2.33. The number of carbonyl (C=O) groups is 1. The van der Waals surface area contributed by atoms with Gasteiger partial charge in [-0.2, -0.15) is 0 Å². The normalized spacial score (nSPS) is 16.3. The van der Waals surface area contributed by atoms with Gasteiger partial charge in [-0.15, -0.1) is 0 Å². The SMILES string of the molecule is O=C(Nc1cccc2cccnc12)C1COc2ccc(Cl)cc2C1. The van der Waals surface area contributed by atoms with Gasteiger partial charge >= 0.3 is 0 Å². The van der Waals surface area contributed by atoms with Gasteiger partial charge in [0, 0.05) is 16.6 Å². The van der Waals surface area contributed by atoms with E-state index >= 15 is 0 Å². The fourth-order valence-corrected chi connectivity index (χ4v) is 3.17. The second-order valence-corrected chi connectivity index (χ2v) is 6.27. The van der Waals surface area contributed by atoms with Crippen molar-refractivity contribution >= 4 is 34.1 Å². The number of hydrogen-bond donors (Lipinski definition) is 1. The summed E-state index contributed by atoms with van der Waals surface area (Å²) in [4.78, 5) is 17.0. The van der Waals surface area contributed by atoms with Crippen molar-refractivity contribution in [1.82, 2.24) is 4.98 Å². The third-order valence-corrected chi connectivity index (χ3v) is 4.43. The molecule has 120 valence electrons. The van der Waals surface area contributed by atoms with Crippen LogP contribution in [0.3, 0.4) is 0 Å². The fraction of sp³-hybridized carbons (Fsp3) is 0.158. The lowest BCUT2D eigenvalue weighted by Crippen LogP contribution is -2.32. The molecule has 1 atom stereocenters. The van der Waals surface area contributed by atoms with Crippen LogP contribution in [0.15, 0.2) is 54.7 Å². The van der Waals surface area contributed by atoms with Gasteiger partial charge in [-0.3, -0.25) is 9.78 Å². The molecule has 24 heavy (non-hydrogen) atoms. The number of para-hydroxylation sites is 1. The minimum Gasteiger partial charge on any atom is -0.492 e. The van der Waals surface area contributed by atoms with E-state index in [1.165, 1.54) is 0 Å². The van der Waals surface area contributed by atoms with Crippen molar-refractivity contribution in [3.8, 4) is 5.75 Å². The summed E-state index contributed by atoms with van der Waals surface area (Å²) in [5.74, 6) is 0.476. The number of nitrogens with zero attached hydrogens (tertiary/aromatic N) is 1. The van der Waals surface area contributed by atoms with Crippen LogP contribution in [-0.2, 0) is 11.2 Å². The summed E-state index contributed by atoms with van der Waals surface area (Å²) in [5.41, 5.74) is 2.47. The second kappa shape index (κ2) is 6.13. The number of ether oxygens (including phenoxy) is 1. The maximum absolute atomic E-state index is 12.7. The first kappa shape index (κ1) is 15.0. The lowest BCUT2D eigenvalue weighted by atomic mass is 9.96. The summed E-state index contributed by atoms with van der Waals surface area (Å²) >= 11 is 6.03. The number of hydrogen-bond acceptors (Lipinski definition) is 3. The molecule has 1 N–H and O–H groups in total. The number of aromatic nitrogens is 1. The first-order valence-electron chi connectivity index (χ1n) is 7.76. The number of amides is 1. The van der Waals surface area contributed by atoms with Gasteiger partial charge in [0.1, 0.15) is 12.4 Å². The molecule has 0 spiro atoms. The smallest absolute Gasteiger partial charge is 0.231 e. The van der Waals surface area contributed by atoms with Crippen molar-refractivity contribution in [2.75, 3.05) is 11.9 Å². The number of nitrogens with one attached hydrogen (secondary N) is 1. The van der Waals surface area contributed by atoms with Gasteiger partial charge in [-0.25, -0.2) is 0 Å². The lowest BCUT2D eigenvalue weighted by Gasteiger charge is -2.24. The summed E-state index contributed by atoms with van der Waals surface area (Å²) in [6.45, 7) is 0.360. The zero-order chi connectivity index (χ0) is 16.5. The Labute approximate surface area is 144 Å². The Balaban J connectivity index is 1.56. The largest absolute Gasteiger partial charge is 0.492 e. The number of pyridine rings is 1. The monoisotopic (exact) mass is 338 g/mol. The topological polar surface area (TPSA) is 51.2 Å². The van der Waals surface area contributed by atoms with Gasteiger partial charge in [0.05, 0.1) is 17.1 Å². The molecule has 0 fully saturated rings. The van der Waals surface area contributed by atoms with E-state index in [1.54, 1.807) is 12.3 Å². The molecular formula is C19H15ClN2O2. The maximum Gasteiger partial charge on any atom is 0.231 e. The zero-order valence-electron chi connectivity index (χ0n) is 12.8. The highest BCUT2D eigenvalue weighted by Crippen LogP contribution is 2.30. The maximum atomic E-state index is 12.7. The minimum atomic E-state index is -0.255. The average Bonchev–Trinajstić information content (AvgIpc) is 2.61. The fourth-order valence-electron chi connectivity index (χ4n) is 2.97. The van der Waals surface area contributed by atoms with Crippen LogP contribution < -0.4 is 10.1 Å². The van der Waals surface area contributed by atoms with Crippen molar-refractivity contribution < 1.29 is 9.53 Å². The van der Waals surface area contributed by atoms with E-state index in [9.17, 15) is 4.79 Å². The van der Waals surface area contributed by atoms with Crippen molar-refractivity contribution in [3.63, 3.8) is 0 Å². The number of anilines is 1. The molecule has 5 heteroatoms. The van der Waals surface area contributed by atoms with Gasteiger partial charge < -0.3 is 10.1 Å². The molecule has 0 aliphatic carbocycles.